The van der Waals surface area contributed by atoms with E-state index in [1.165, 1.54) is 12.4 Å². The van der Waals surface area contributed by atoms with Crippen molar-refractivity contribution in [2.24, 2.45) is 0 Å². The number of carboxylic acid groups (broad SMARTS) is 1. The van der Waals surface area contributed by atoms with Crippen LogP contribution in [0.4, 0.5) is 0 Å². The van der Waals surface area contributed by atoms with Gasteiger partial charge in [-0.3, -0.25) is 4.98 Å². The number of hydrogen-bond acceptors (Lipinski definition) is 8. The lowest BCUT2D eigenvalue weighted by Gasteiger charge is -2.01. The van der Waals surface area contributed by atoms with Crippen molar-refractivity contribution in [1.82, 2.24) is 35.3 Å². The quantitative estimate of drug-likeness (QED) is 0.751. The number of carboxylic acids is 1. The molecule has 114 valence electrons. The zero-order chi connectivity index (χ0) is 16.2. The van der Waals surface area contributed by atoms with E-state index in [0.29, 0.717) is 11.5 Å². The molecule has 3 heterocycles. The van der Waals surface area contributed by atoms with E-state index in [1.807, 2.05) is 13.0 Å². The molecule has 3 aromatic rings. The van der Waals surface area contributed by atoms with Gasteiger partial charge in [0.2, 0.25) is 17.5 Å². The summed E-state index contributed by atoms with van der Waals surface area (Å²) >= 11 is 0. The molecular weight excluding hydrogens is 298 g/mol. The van der Waals surface area contributed by atoms with Gasteiger partial charge in [-0.1, -0.05) is 13.0 Å². The second-order valence-corrected chi connectivity index (χ2v) is 4.55. The topological polar surface area (TPSA) is 128 Å². The molecule has 0 bridgehead atoms. The Morgan fingerprint density at radius 1 is 0.913 bits per heavy atom. The van der Waals surface area contributed by atoms with E-state index in [-0.39, 0.29) is 17.2 Å². The second kappa shape index (κ2) is 6.18. The Hall–Kier alpha value is -3.36. The lowest BCUT2D eigenvalue weighted by molar-refractivity contribution is 0.0696. The molecule has 0 atom stereocenters. The molecule has 0 spiro atoms. The third-order valence-electron chi connectivity index (χ3n) is 3.04. The zero-order valence-corrected chi connectivity index (χ0v) is 12.1. The third kappa shape index (κ3) is 3.12. The van der Waals surface area contributed by atoms with Crippen LogP contribution in [-0.4, -0.2) is 46.4 Å². The molecule has 0 amide bonds. The minimum atomic E-state index is -1.11. The van der Waals surface area contributed by atoms with Gasteiger partial charge in [-0.25, -0.2) is 14.8 Å². The van der Waals surface area contributed by atoms with Crippen molar-refractivity contribution in [3.63, 3.8) is 0 Å². The Labute approximate surface area is 130 Å². The van der Waals surface area contributed by atoms with E-state index in [1.54, 1.807) is 12.3 Å². The predicted octanol–water partition coefficient (Wildman–Crippen LogP) is 1.05. The Kier molecular flexibility index (Phi) is 3.91. The molecule has 0 aliphatic heterocycles. The van der Waals surface area contributed by atoms with Gasteiger partial charge in [0.15, 0.2) is 0 Å². The third-order valence-corrected chi connectivity index (χ3v) is 3.04. The first kappa shape index (κ1) is 14.6. The van der Waals surface area contributed by atoms with Crippen LogP contribution in [0.25, 0.3) is 23.2 Å². The Bertz CT molecular complexity index is 817. The highest BCUT2D eigenvalue weighted by molar-refractivity contribution is 5.86. The summed E-state index contributed by atoms with van der Waals surface area (Å²) in [6.07, 6.45) is 4.99. The molecule has 0 unspecified atom stereocenters. The number of carbonyl (C=O) groups is 1. The summed E-state index contributed by atoms with van der Waals surface area (Å²) in [6.45, 7) is 2.04. The van der Waals surface area contributed by atoms with Crippen LogP contribution in [0.5, 0.6) is 0 Å². The molecule has 0 aromatic carbocycles. The maximum absolute atomic E-state index is 10.8. The fraction of sp³-hybridized carbons (Fsp3) is 0.143. The molecule has 1 N–H and O–H groups in total. The molecule has 0 saturated heterocycles. The summed E-state index contributed by atoms with van der Waals surface area (Å²) in [6, 6.07) is 3.74. The highest BCUT2D eigenvalue weighted by Crippen LogP contribution is 2.12. The van der Waals surface area contributed by atoms with Crippen molar-refractivity contribution < 1.29 is 9.90 Å². The molecule has 9 heteroatoms. The summed E-state index contributed by atoms with van der Waals surface area (Å²) in [5.74, 6) is -0.559. The molecule has 0 radical (unpaired) electrons. The maximum atomic E-state index is 10.8. The number of rotatable bonds is 4. The fourth-order valence-corrected chi connectivity index (χ4v) is 1.74. The fourth-order valence-electron chi connectivity index (χ4n) is 1.74. The molecule has 3 rings (SSSR count). The van der Waals surface area contributed by atoms with E-state index in [9.17, 15) is 4.79 Å². The van der Waals surface area contributed by atoms with Crippen molar-refractivity contribution in [3.8, 4) is 23.2 Å². The van der Waals surface area contributed by atoms with Crippen LogP contribution >= 0.6 is 0 Å². The normalized spacial score (nSPS) is 10.5. The average molecular weight is 309 g/mol. The summed E-state index contributed by atoms with van der Waals surface area (Å²) in [5.41, 5.74) is 1.65. The molecule has 0 aliphatic rings. The number of aryl methyl sites for hydroxylation is 1. The van der Waals surface area contributed by atoms with Gasteiger partial charge in [0, 0.05) is 18.6 Å². The Balaban J connectivity index is 1.84. The molecule has 3 aromatic heterocycles. The predicted molar refractivity (Wildman–Crippen MR) is 78.2 cm³/mol. The Morgan fingerprint density at radius 2 is 1.57 bits per heavy atom. The van der Waals surface area contributed by atoms with Crippen LogP contribution in [0.15, 0.2) is 30.7 Å². The van der Waals surface area contributed by atoms with Crippen molar-refractivity contribution in [2.45, 2.75) is 13.3 Å². The van der Waals surface area contributed by atoms with Gasteiger partial charge in [-0.05, 0) is 18.1 Å². The molecule has 23 heavy (non-hydrogen) atoms. The molecule has 0 saturated carbocycles. The molecule has 0 aliphatic carbocycles. The van der Waals surface area contributed by atoms with Crippen LogP contribution in [0, 0.1) is 0 Å². The number of aromatic nitrogens is 7. The van der Waals surface area contributed by atoms with E-state index in [0.717, 1.165) is 12.0 Å². The van der Waals surface area contributed by atoms with Gasteiger partial charge in [-0.2, -0.15) is 0 Å². The standard InChI is InChI=1S/C14H11N7O2/c1-2-8-3-4-10(15-5-8)11-18-20-13(21-19-11)12-16-6-9(7-17-12)14(22)23/h3-7H,2H2,1H3,(H,22,23). The second-order valence-electron chi connectivity index (χ2n) is 4.55. The van der Waals surface area contributed by atoms with Crippen molar-refractivity contribution in [1.29, 1.82) is 0 Å². The number of hydrogen-bond donors (Lipinski definition) is 1. The van der Waals surface area contributed by atoms with Crippen LogP contribution in [0.2, 0.25) is 0 Å². The lowest BCUT2D eigenvalue weighted by atomic mass is 10.2. The molecule has 9 nitrogen and oxygen atoms in total. The van der Waals surface area contributed by atoms with Crippen LogP contribution in [-0.2, 0) is 6.42 Å². The minimum absolute atomic E-state index is 0.0218. The highest BCUT2D eigenvalue weighted by Gasteiger charge is 2.11. The largest absolute Gasteiger partial charge is 0.478 e. The minimum Gasteiger partial charge on any atom is -0.478 e. The van der Waals surface area contributed by atoms with E-state index >= 15 is 0 Å². The maximum Gasteiger partial charge on any atom is 0.338 e. The first-order valence-electron chi connectivity index (χ1n) is 6.75. The van der Waals surface area contributed by atoms with Gasteiger partial charge >= 0.3 is 5.97 Å². The first-order valence-corrected chi connectivity index (χ1v) is 6.75. The van der Waals surface area contributed by atoms with Crippen molar-refractivity contribution in [3.05, 3.63) is 41.9 Å². The Morgan fingerprint density at radius 3 is 2.09 bits per heavy atom. The SMILES string of the molecule is CCc1ccc(-c2nnc(-c3ncc(C(=O)O)cn3)nn2)nc1. The van der Waals surface area contributed by atoms with E-state index < -0.39 is 5.97 Å². The lowest BCUT2D eigenvalue weighted by Crippen LogP contribution is -2.04. The van der Waals surface area contributed by atoms with Crippen molar-refractivity contribution in [2.75, 3.05) is 0 Å². The van der Waals surface area contributed by atoms with Gasteiger partial charge < -0.3 is 5.11 Å². The van der Waals surface area contributed by atoms with Gasteiger partial charge in [0.1, 0.15) is 5.69 Å². The highest BCUT2D eigenvalue weighted by atomic mass is 16.4. The van der Waals surface area contributed by atoms with Gasteiger partial charge in [0.25, 0.3) is 0 Å². The summed E-state index contributed by atoms with van der Waals surface area (Å²) < 4.78 is 0. The van der Waals surface area contributed by atoms with Crippen LogP contribution < -0.4 is 0 Å². The smallest absolute Gasteiger partial charge is 0.338 e. The summed E-state index contributed by atoms with van der Waals surface area (Å²) in [5, 5.41) is 24.5. The van der Waals surface area contributed by atoms with Crippen LogP contribution in [0.3, 0.4) is 0 Å². The monoisotopic (exact) mass is 309 g/mol. The summed E-state index contributed by atoms with van der Waals surface area (Å²) in [7, 11) is 0. The number of aromatic carboxylic acids is 1. The zero-order valence-electron chi connectivity index (χ0n) is 12.1. The van der Waals surface area contributed by atoms with Crippen LogP contribution in [0.1, 0.15) is 22.8 Å². The van der Waals surface area contributed by atoms with E-state index in [4.69, 9.17) is 5.11 Å². The average Bonchev–Trinajstić information content (AvgIpc) is 2.62. The first-order chi connectivity index (χ1) is 11.2. The molecular formula is C14H11N7O2. The van der Waals surface area contributed by atoms with Crippen molar-refractivity contribution >= 4 is 5.97 Å². The number of nitrogens with zero attached hydrogens (tertiary/aromatic N) is 7. The van der Waals surface area contributed by atoms with Gasteiger partial charge in [0.05, 0.1) is 5.56 Å². The van der Waals surface area contributed by atoms with Gasteiger partial charge in [-0.15, -0.1) is 20.4 Å². The molecule has 0 fully saturated rings. The number of pyridine rings is 1. The van der Waals surface area contributed by atoms with E-state index in [2.05, 4.69) is 35.3 Å². The summed E-state index contributed by atoms with van der Waals surface area (Å²) in [4.78, 5) is 22.8.